The number of carbonyl (C=O) groups excluding carboxylic acids is 1. The Morgan fingerprint density at radius 3 is 2.62 bits per heavy atom. The molecule has 1 aromatic heterocycles. The number of benzene rings is 2. The molecule has 2 aromatic carbocycles. The smallest absolute Gasteiger partial charge is 0.335 e. The third-order valence-corrected chi connectivity index (χ3v) is 3.87. The molecule has 120 valence electrons. The van der Waals surface area contributed by atoms with Gasteiger partial charge in [-0.1, -0.05) is 35.9 Å². The number of hydrogen-bond acceptors (Lipinski definition) is 3. The standard InChI is InChI=1S/C18H13ClN2O3/c1-10-8-11-4-2-3-5-13(11)16(20-10)17(22)21-15-9-12(18(23)24)6-7-14(15)19/h2-9H,1H3,(H,21,22)(H,23,24). The minimum atomic E-state index is -1.10. The first-order chi connectivity index (χ1) is 11.5. The quantitative estimate of drug-likeness (QED) is 0.750. The van der Waals surface area contributed by atoms with E-state index in [1.807, 2.05) is 30.3 Å². The van der Waals surface area contributed by atoms with Crippen LogP contribution in [0.25, 0.3) is 10.8 Å². The Bertz CT molecular complexity index is 970. The second-order valence-electron chi connectivity index (χ2n) is 5.29. The fraction of sp³-hybridized carbons (Fsp3) is 0.0556. The molecule has 1 amide bonds. The lowest BCUT2D eigenvalue weighted by molar-refractivity contribution is 0.0696. The largest absolute Gasteiger partial charge is 0.478 e. The van der Waals surface area contributed by atoms with Crippen LogP contribution in [0, 0.1) is 6.92 Å². The summed E-state index contributed by atoms with van der Waals surface area (Å²) in [5, 5.41) is 13.6. The van der Waals surface area contributed by atoms with E-state index in [2.05, 4.69) is 10.3 Å². The summed E-state index contributed by atoms with van der Waals surface area (Å²) in [6.45, 7) is 1.81. The molecule has 0 aliphatic carbocycles. The summed E-state index contributed by atoms with van der Waals surface area (Å²) in [5.41, 5.74) is 1.25. The summed E-state index contributed by atoms with van der Waals surface area (Å²) in [6.07, 6.45) is 0. The van der Waals surface area contributed by atoms with Gasteiger partial charge in [0.25, 0.3) is 5.91 Å². The van der Waals surface area contributed by atoms with Crippen molar-refractivity contribution in [2.75, 3.05) is 5.32 Å². The maximum Gasteiger partial charge on any atom is 0.335 e. The molecule has 24 heavy (non-hydrogen) atoms. The van der Waals surface area contributed by atoms with Crippen molar-refractivity contribution in [2.45, 2.75) is 6.92 Å². The zero-order valence-electron chi connectivity index (χ0n) is 12.7. The highest BCUT2D eigenvalue weighted by atomic mass is 35.5. The van der Waals surface area contributed by atoms with Gasteiger partial charge in [0.15, 0.2) is 0 Å². The predicted octanol–water partition coefficient (Wildman–Crippen LogP) is 4.15. The average Bonchev–Trinajstić information content (AvgIpc) is 2.55. The van der Waals surface area contributed by atoms with Gasteiger partial charge in [-0.3, -0.25) is 4.79 Å². The van der Waals surface area contributed by atoms with E-state index < -0.39 is 11.9 Å². The maximum absolute atomic E-state index is 12.6. The van der Waals surface area contributed by atoms with Gasteiger partial charge in [0.2, 0.25) is 0 Å². The van der Waals surface area contributed by atoms with Crippen LogP contribution < -0.4 is 5.32 Å². The monoisotopic (exact) mass is 340 g/mol. The highest BCUT2D eigenvalue weighted by Gasteiger charge is 2.15. The molecule has 1 heterocycles. The maximum atomic E-state index is 12.6. The third kappa shape index (κ3) is 3.07. The molecule has 3 rings (SSSR count). The molecule has 0 bridgehead atoms. The number of carboxylic acids is 1. The number of halogens is 1. The minimum Gasteiger partial charge on any atom is -0.478 e. The van der Waals surface area contributed by atoms with Crippen LogP contribution in [-0.4, -0.2) is 22.0 Å². The van der Waals surface area contributed by atoms with Gasteiger partial charge in [-0.15, -0.1) is 0 Å². The molecule has 0 fully saturated rings. The lowest BCUT2D eigenvalue weighted by atomic mass is 10.1. The number of aryl methyl sites for hydroxylation is 1. The third-order valence-electron chi connectivity index (χ3n) is 3.55. The van der Waals surface area contributed by atoms with Crippen LogP contribution in [0.3, 0.4) is 0 Å². The molecule has 0 atom stereocenters. The van der Waals surface area contributed by atoms with Crippen LogP contribution in [0.15, 0.2) is 48.5 Å². The summed E-state index contributed by atoms with van der Waals surface area (Å²) in [5.74, 6) is -1.54. The molecule has 6 heteroatoms. The molecule has 0 aliphatic rings. The second kappa shape index (κ2) is 6.29. The van der Waals surface area contributed by atoms with E-state index in [0.717, 1.165) is 5.39 Å². The van der Waals surface area contributed by atoms with E-state index in [0.29, 0.717) is 11.1 Å². The Kier molecular flexibility index (Phi) is 4.18. The fourth-order valence-corrected chi connectivity index (χ4v) is 2.61. The summed E-state index contributed by atoms with van der Waals surface area (Å²) in [4.78, 5) is 28.0. The highest BCUT2D eigenvalue weighted by Crippen LogP contribution is 2.25. The Balaban J connectivity index is 2.02. The Morgan fingerprint density at radius 2 is 1.88 bits per heavy atom. The van der Waals surface area contributed by atoms with E-state index in [9.17, 15) is 9.59 Å². The molecule has 2 N–H and O–H groups in total. The van der Waals surface area contributed by atoms with E-state index in [-0.39, 0.29) is 22.0 Å². The van der Waals surface area contributed by atoms with Crippen LogP contribution in [0.5, 0.6) is 0 Å². The molecule has 0 radical (unpaired) electrons. The fourth-order valence-electron chi connectivity index (χ4n) is 2.44. The molecule has 0 saturated heterocycles. The predicted molar refractivity (Wildman–Crippen MR) is 92.8 cm³/mol. The Morgan fingerprint density at radius 1 is 1.12 bits per heavy atom. The van der Waals surface area contributed by atoms with Crippen molar-refractivity contribution in [1.29, 1.82) is 0 Å². The molecule has 0 saturated carbocycles. The Hall–Kier alpha value is -2.92. The first-order valence-electron chi connectivity index (χ1n) is 7.16. The molecule has 0 spiro atoms. The number of pyridine rings is 1. The van der Waals surface area contributed by atoms with Gasteiger partial charge in [0, 0.05) is 11.1 Å². The first-order valence-corrected chi connectivity index (χ1v) is 7.54. The number of carboxylic acid groups (broad SMARTS) is 1. The summed E-state index contributed by atoms with van der Waals surface area (Å²) >= 11 is 6.05. The van der Waals surface area contributed by atoms with Crippen LogP contribution in [-0.2, 0) is 0 Å². The van der Waals surface area contributed by atoms with Gasteiger partial charge in [-0.25, -0.2) is 9.78 Å². The van der Waals surface area contributed by atoms with E-state index in [1.54, 1.807) is 6.92 Å². The summed E-state index contributed by atoms with van der Waals surface area (Å²) in [6, 6.07) is 13.4. The van der Waals surface area contributed by atoms with Gasteiger partial charge in [-0.2, -0.15) is 0 Å². The van der Waals surface area contributed by atoms with Crippen molar-refractivity contribution < 1.29 is 14.7 Å². The summed E-state index contributed by atoms with van der Waals surface area (Å²) < 4.78 is 0. The summed E-state index contributed by atoms with van der Waals surface area (Å²) in [7, 11) is 0. The molecule has 0 unspecified atom stereocenters. The number of nitrogens with zero attached hydrogens (tertiary/aromatic N) is 1. The zero-order chi connectivity index (χ0) is 17.3. The van der Waals surface area contributed by atoms with Crippen LogP contribution in [0.2, 0.25) is 5.02 Å². The minimum absolute atomic E-state index is 0.0387. The van der Waals surface area contributed by atoms with Gasteiger partial charge in [-0.05, 0) is 36.6 Å². The molecule has 0 aliphatic heterocycles. The van der Waals surface area contributed by atoms with Crippen molar-refractivity contribution in [3.63, 3.8) is 0 Å². The number of nitrogens with one attached hydrogen (secondary N) is 1. The molecular formula is C18H13ClN2O3. The highest BCUT2D eigenvalue weighted by molar-refractivity contribution is 6.34. The number of aromatic nitrogens is 1. The molecular weight excluding hydrogens is 328 g/mol. The van der Waals surface area contributed by atoms with E-state index >= 15 is 0 Å². The van der Waals surface area contributed by atoms with Crippen molar-refractivity contribution in [2.24, 2.45) is 0 Å². The number of aromatic carboxylic acids is 1. The second-order valence-corrected chi connectivity index (χ2v) is 5.69. The van der Waals surface area contributed by atoms with Gasteiger partial charge in [0.05, 0.1) is 16.3 Å². The van der Waals surface area contributed by atoms with Crippen molar-refractivity contribution in [3.05, 3.63) is 70.5 Å². The van der Waals surface area contributed by atoms with Crippen molar-refractivity contribution in [1.82, 2.24) is 4.98 Å². The van der Waals surface area contributed by atoms with E-state index in [4.69, 9.17) is 16.7 Å². The van der Waals surface area contributed by atoms with Gasteiger partial charge < -0.3 is 10.4 Å². The van der Waals surface area contributed by atoms with Gasteiger partial charge in [0.1, 0.15) is 5.69 Å². The van der Waals surface area contributed by atoms with Crippen LogP contribution >= 0.6 is 11.6 Å². The topological polar surface area (TPSA) is 79.3 Å². The zero-order valence-corrected chi connectivity index (χ0v) is 13.5. The molecule has 3 aromatic rings. The van der Waals surface area contributed by atoms with E-state index in [1.165, 1.54) is 18.2 Å². The van der Waals surface area contributed by atoms with Crippen molar-refractivity contribution in [3.8, 4) is 0 Å². The molecule has 5 nitrogen and oxygen atoms in total. The SMILES string of the molecule is Cc1cc2ccccc2c(C(=O)Nc2cc(C(=O)O)ccc2Cl)n1. The number of rotatable bonds is 3. The Labute approximate surface area is 142 Å². The van der Waals surface area contributed by atoms with Crippen molar-refractivity contribution >= 4 is 39.9 Å². The number of amides is 1. The van der Waals surface area contributed by atoms with Crippen LogP contribution in [0.1, 0.15) is 26.5 Å². The normalized spacial score (nSPS) is 10.6. The first kappa shape index (κ1) is 16.0. The number of carbonyl (C=O) groups is 2. The number of fused-ring (bicyclic) bond motifs is 1. The average molecular weight is 341 g/mol. The lowest BCUT2D eigenvalue weighted by Gasteiger charge is -2.10. The van der Waals surface area contributed by atoms with Crippen LogP contribution in [0.4, 0.5) is 5.69 Å². The number of hydrogen-bond donors (Lipinski definition) is 2. The number of anilines is 1. The van der Waals surface area contributed by atoms with Gasteiger partial charge >= 0.3 is 5.97 Å². The lowest BCUT2D eigenvalue weighted by Crippen LogP contribution is -2.15.